The van der Waals surface area contributed by atoms with Crippen molar-refractivity contribution < 1.29 is 44.2 Å². The fraction of sp³-hybridized carbons (Fsp3) is 0.692. The number of hydrogen-bond donors (Lipinski definition) is 4. The molecule has 1 heterocycles. The molecule has 1 aliphatic heterocycles. The van der Waals surface area contributed by atoms with Crippen molar-refractivity contribution in [1.29, 1.82) is 0 Å². The van der Waals surface area contributed by atoms with Crippen LogP contribution < -0.4 is 0 Å². The van der Waals surface area contributed by atoms with Crippen LogP contribution in [0.15, 0.2) is 34.9 Å². The van der Waals surface area contributed by atoms with Crippen LogP contribution >= 0.6 is 0 Å². The van der Waals surface area contributed by atoms with Crippen molar-refractivity contribution in [2.24, 2.45) is 23.7 Å². The molecule has 0 saturated heterocycles. The van der Waals surface area contributed by atoms with Gasteiger partial charge in [-0.1, -0.05) is 32.1 Å². The van der Waals surface area contributed by atoms with Gasteiger partial charge in [0.2, 0.25) is 0 Å². The number of hydrogen-bond acceptors (Lipinski definition) is 9. The first kappa shape index (κ1) is 27.4. The van der Waals surface area contributed by atoms with Gasteiger partial charge in [0.05, 0.1) is 19.3 Å². The van der Waals surface area contributed by atoms with Crippen molar-refractivity contribution >= 4 is 12.1 Å². The summed E-state index contributed by atoms with van der Waals surface area (Å²) in [6.07, 6.45) is 3.27. The molecule has 7 atom stereocenters. The van der Waals surface area contributed by atoms with Crippen LogP contribution in [0.4, 0.5) is 4.79 Å². The van der Waals surface area contributed by atoms with E-state index in [9.17, 15) is 19.8 Å². The topological polar surface area (TPSA) is 143 Å². The molecular formula is C26H38O9. The maximum Gasteiger partial charge on any atom is 0.508 e. The molecule has 0 saturated carbocycles. The first-order valence-corrected chi connectivity index (χ1v) is 12.3. The fourth-order valence-corrected chi connectivity index (χ4v) is 5.39. The van der Waals surface area contributed by atoms with Crippen molar-refractivity contribution in [1.82, 2.24) is 0 Å². The van der Waals surface area contributed by atoms with Gasteiger partial charge < -0.3 is 34.6 Å². The summed E-state index contributed by atoms with van der Waals surface area (Å²) in [6.45, 7) is 6.26. The van der Waals surface area contributed by atoms with Crippen LogP contribution in [-0.4, -0.2) is 76.3 Å². The lowest BCUT2D eigenvalue weighted by Crippen LogP contribution is -2.47. The summed E-state index contributed by atoms with van der Waals surface area (Å²) in [6, 6.07) is 0. The molecule has 35 heavy (non-hydrogen) atoms. The number of aliphatic hydroxyl groups is 4. The highest BCUT2D eigenvalue weighted by Crippen LogP contribution is 2.50. The fourth-order valence-electron chi connectivity index (χ4n) is 5.39. The second-order valence-corrected chi connectivity index (χ2v) is 10.1. The number of carbonyl (C=O) groups excluding carboxylic acids is 2. The van der Waals surface area contributed by atoms with Gasteiger partial charge in [-0.05, 0) is 49.3 Å². The zero-order valence-electron chi connectivity index (χ0n) is 20.8. The van der Waals surface area contributed by atoms with E-state index in [0.29, 0.717) is 24.0 Å². The predicted octanol–water partition coefficient (Wildman–Crippen LogP) is 2.03. The van der Waals surface area contributed by atoms with E-state index in [1.165, 1.54) is 0 Å². The molecule has 9 heteroatoms. The Balaban J connectivity index is 1.84. The van der Waals surface area contributed by atoms with Crippen molar-refractivity contribution in [3.63, 3.8) is 0 Å². The van der Waals surface area contributed by atoms with Gasteiger partial charge in [0.1, 0.15) is 24.4 Å². The zero-order valence-corrected chi connectivity index (χ0v) is 20.8. The summed E-state index contributed by atoms with van der Waals surface area (Å²) in [4.78, 5) is 24.9. The molecule has 2 aliphatic carbocycles. The number of fused-ring (bicyclic) bond motifs is 2. The average molecular weight is 495 g/mol. The summed E-state index contributed by atoms with van der Waals surface area (Å²) < 4.78 is 16.0. The average Bonchev–Trinajstić information content (AvgIpc) is 3.11. The maximum absolute atomic E-state index is 12.7. The number of rotatable bonds is 6. The third kappa shape index (κ3) is 5.63. The number of allylic oxidation sites excluding steroid dienone is 2. The summed E-state index contributed by atoms with van der Waals surface area (Å²) >= 11 is 0. The summed E-state index contributed by atoms with van der Waals surface area (Å²) in [7, 11) is 0. The van der Waals surface area contributed by atoms with Crippen LogP contribution in [0.1, 0.15) is 47.0 Å². The number of esters is 1. The van der Waals surface area contributed by atoms with Gasteiger partial charge >= 0.3 is 12.1 Å². The van der Waals surface area contributed by atoms with Gasteiger partial charge in [0.15, 0.2) is 0 Å². The molecular weight excluding hydrogens is 456 g/mol. The lowest BCUT2D eigenvalue weighted by atomic mass is 9.68. The van der Waals surface area contributed by atoms with Gasteiger partial charge in [-0.25, -0.2) is 4.79 Å². The molecule has 0 radical (unpaired) electrons. The normalized spacial score (nSPS) is 35.5. The van der Waals surface area contributed by atoms with Crippen LogP contribution in [0.25, 0.3) is 0 Å². The summed E-state index contributed by atoms with van der Waals surface area (Å²) in [5.74, 6) is -1.92. The first-order valence-electron chi connectivity index (χ1n) is 12.3. The van der Waals surface area contributed by atoms with Gasteiger partial charge in [0.25, 0.3) is 0 Å². The molecule has 3 rings (SSSR count). The summed E-state index contributed by atoms with van der Waals surface area (Å²) in [5, 5.41) is 41.2. The van der Waals surface area contributed by atoms with Crippen LogP contribution in [-0.2, 0) is 19.0 Å². The monoisotopic (exact) mass is 494 g/mol. The van der Waals surface area contributed by atoms with Crippen LogP contribution in [0.3, 0.4) is 0 Å². The smallest absolute Gasteiger partial charge is 0.458 e. The van der Waals surface area contributed by atoms with Crippen molar-refractivity contribution in [3.05, 3.63) is 34.9 Å². The molecule has 196 valence electrons. The largest absolute Gasteiger partial charge is 0.508 e. The van der Waals surface area contributed by atoms with E-state index in [2.05, 4.69) is 0 Å². The standard InChI is InChI=1S/C26H38O9/c1-14-10-19-5-6-20-7-8-21(29)35-24(17(4)34-25(31)33-13-18(11-27)12-28)15(2)9-16(3)26(20,32)22(19)23(14)30/h5-6,9,14-15,17-18,20,23-24,27-28,30,32H,7-8,10-13H2,1-4H3/b16-9+/t14-,15?,17?,20?,23?,24?,26?/m0/s1. The Bertz CT molecular complexity index is 887. The first-order chi connectivity index (χ1) is 16.5. The molecule has 0 aromatic carbocycles. The van der Waals surface area contributed by atoms with Crippen molar-refractivity contribution in [2.45, 2.75) is 70.9 Å². The Labute approximate surface area is 206 Å². The molecule has 6 unspecified atom stereocenters. The van der Waals surface area contributed by atoms with E-state index in [4.69, 9.17) is 24.4 Å². The minimum absolute atomic E-state index is 0.0125. The third-order valence-electron chi connectivity index (χ3n) is 7.46. The maximum atomic E-state index is 12.7. The molecule has 0 aromatic heterocycles. The van der Waals surface area contributed by atoms with Crippen LogP contribution in [0, 0.1) is 23.7 Å². The Morgan fingerprint density at radius 2 is 1.97 bits per heavy atom. The molecule has 0 bridgehead atoms. The lowest BCUT2D eigenvalue weighted by Gasteiger charge is -2.42. The van der Waals surface area contributed by atoms with Crippen molar-refractivity contribution in [3.8, 4) is 0 Å². The summed E-state index contributed by atoms with van der Waals surface area (Å²) in [5.41, 5.74) is 0.770. The molecule has 0 spiro atoms. The molecule has 3 aliphatic rings. The van der Waals surface area contributed by atoms with Crippen LogP contribution in [0.2, 0.25) is 0 Å². The molecule has 0 amide bonds. The number of cyclic esters (lactones) is 1. The predicted molar refractivity (Wildman–Crippen MR) is 126 cm³/mol. The second-order valence-electron chi connectivity index (χ2n) is 10.1. The molecule has 4 N–H and O–H groups in total. The van der Waals surface area contributed by atoms with E-state index in [-0.39, 0.29) is 38.1 Å². The van der Waals surface area contributed by atoms with Gasteiger partial charge in [0, 0.05) is 24.2 Å². The highest BCUT2D eigenvalue weighted by atomic mass is 16.7. The third-order valence-corrected chi connectivity index (χ3v) is 7.46. The van der Waals surface area contributed by atoms with E-state index in [0.717, 1.165) is 5.57 Å². The highest BCUT2D eigenvalue weighted by molar-refractivity contribution is 5.70. The zero-order chi connectivity index (χ0) is 25.9. The highest BCUT2D eigenvalue weighted by Gasteiger charge is 2.50. The van der Waals surface area contributed by atoms with E-state index in [1.807, 2.05) is 39.0 Å². The quantitative estimate of drug-likeness (QED) is 0.322. The number of carbonyl (C=O) groups is 2. The van der Waals surface area contributed by atoms with E-state index in [1.54, 1.807) is 6.92 Å². The Morgan fingerprint density at radius 1 is 1.29 bits per heavy atom. The van der Waals surface area contributed by atoms with E-state index < -0.39 is 47.9 Å². The Hall–Kier alpha value is -2.20. The van der Waals surface area contributed by atoms with Crippen molar-refractivity contribution in [2.75, 3.05) is 19.8 Å². The molecule has 0 fully saturated rings. The Morgan fingerprint density at radius 3 is 2.63 bits per heavy atom. The van der Waals surface area contributed by atoms with Gasteiger partial charge in [-0.2, -0.15) is 0 Å². The minimum Gasteiger partial charge on any atom is -0.458 e. The lowest BCUT2D eigenvalue weighted by molar-refractivity contribution is -0.159. The number of ether oxygens (including phenoxy) is 3. The SMILES string of the molecule is C/C1=C\C(C)C(C(C)OC(=O)OCC(CO)CO)OC(=O)CCC2C=CC3=C(C(O)[C@@H](C)C3)C12O. The van der Waals surface area contributed by atoms with Gasteiger partial charge in [-0.3, -0.25) is 4.79 Å². The number of aliphatic hydroxyl groups excluding tert-OH is 3. The van der Waals surface area contributed by atoms with Crippen LogP contribution in [0.5, 0.6) is 0 Å². The Kier molecular flexibility index (Phi) is 8.80. The van der Waals surface area contributed by atoms with E-state index >= 15 is 0 Å². The molecule has 9 nitrogen and oxygen atoms in total. The van der Waals surface area contributed by atoms with Gasteiger partial charge in [-0.15, -0.1) is 0 Å². The minimum atomic E-state index is -1.42. The molecule has 0 aromatic rings. The second kappa shape index (κ2) is 11.2.